The van der Waals surface area contributed by atoms with Crippen molar-refractivity contribution in [2.75, 3.05) is 6.61 Å². The molecule has 6 nitrogen and oxygen atoms in total. The monoisotopic (exact) mass is 350 g/mol. The summed E-state index contributed by atoms with van der Waals surface area (Å²) in [5.41, 5.74) is -1.09. The number of aliphatic hydroxyl groups is 2. The summed E-state index contributed by atoms with van der Waals surface area (Å²) in [4.78, 5) is 22.9. The van der Waals surface area contributed by atoms with Crippen LogP contribution in [0.3, 0.4) is 0 Å². The van der Waals surface area contributed by atoms with Crippen molar-refractivity contribution >= 4 is 11.9 Å². The first-order valence-corrected chi connectivity index (χ1v) is 8.30. The van der Waals surface area contributed by atoms with E-state index in [-0.39, 0.29) is 22.5 Å². The van der Waals surface area contributed by atoms with Crippen LogP contribution in [-0.4, -0.2) is 45.6 Å². The fraction of sp³-hybridized carbons (Fsp3) is 0.579. The van der Waals surface area contributed by atoms with Gasteiger partial charge in [0.1, 0.15) is 6.61 Å². The zero-order valence-electron chi connectivity index (χ0n) is 15.1. The van der Waals surface area contributed by atoms with E-state index in [1.165, 1.54) is 0 Å². The largest absolute Gasteiger partial charge is 0.479 e. The maximum absolute atomic E-state index is 12.0. The van der Waals surface area contributed by atoms with E-state index in [9.17, 15) is 19.8 Å². The highest BCUT2D eigenvalue weighted by Gasteiger charge is 2.50. The molecule has 0 saturated heterocycles. The van der Waals surface area contributed by atoms with Crippen LogP contribution < -0.4 is 0 Å². The number of rotatable bonds is 5. The third-order valence-electron chi connectivity index (χ3n) is 5.59. The van der Waals surface area contributed by atoms with Gasteiger partial charge in [-0.1, -0.05) is 32.9 Å². The van der Waals surface area contributed by atoms with Gasteiger partial charge in [-0.2, -0.15) is 0 Å². The SMILES string of the molecule is CC1(C)C[C@@H](O)C[C@]1(C)c1ccc(C(=O)OC[C@](C)(O)C(=O)O)cc1. The number of aliphatic hydroxyl groups excluding tert-OH is 1. The van der Waals surface area contributed by atoms with E-state index in [2.05, 4.69) is 20.8 Å². The zero-order valence-corrected chi connectivity index (χ0v) is 15.1. The highest BCUT2D eigenvalue weighted by molar-refractivity contribution is 5.89. The first-order valence-electron chi connectivity index (χ1n) is 8.30. The minimum atomic E-state index is -2.12. The lowest BCUT2D eigenvalue weighted by Gasteiger charge is -2.38. The first-order chi connectivity index (χ1) is 11.4. The van der Waals surface area contributed by atoms with Gasteiger partial charge in [0, 0.05) is 5.41 Å². The molecular weight excluding hydrogens is 324 g/mol. The van der Waals surface area contributed by atoms with Gasteiger partial charge >= 0.3 is 11.9 Å². The Kier molecular flexibility index (Phi) is 4.99. The van der Waals surface area contributed by atoms with Crippen LogP contribution in [0, 0.1) is 5.41 Å². The minimum absolute atomic E-state index is 0.0748. The molecule has 0 aliphatic heterocycles. The van der Waals surface area contributed by atoms with Crippen LogP contribution in [0.5, 0.6) is 0 Å². The number of ether oxygens (including phenoxy) is 1. The molecule has 1 aliphatic carbocycles. The number of aliphatic carboxylic acids is 1. The van der Waals surface area contributed by atoms with Gasteiger partial charge < -0.3 is 20.1 Å². The number of carbonyl (C=O) groups is 2. The Labute approximate surface area is 147 Å². The zero-order chi connectivity index (χ0) is 19.0. The number of hydrogen-bond acceptors (Lipinski definition) is 5. The number of carboxylic acid groups (broad SMARTS) is 1. The molecule has 0 aromatic heterocycles. The van der Waals surface area contributed by atoms with Crippen LogP contribution in [-0.2, 0) is 14.9 Å². The predicted octanol–water partition coefficient (Wildman–Crippen LogP) is 2.12. The molecule has 1 fully saturated rings. The van der Waals surface area contributed by atoms with Gasteiger partial charge in [0.05, 0.1) is 11.7 Å². The minimum Gasteiger partial charge on any atom is -0.479 e. The third-order valence-corrected chi connectivity index (χ3v) is 5.59. The Morgan fingerprint density at radius 2 is 1.76 bits per heavy atom. The number of carbonyl (C=O) groups excluding carboxylic acids is 1. The molecule has 0 spiro atoms. The van der Waals surface area contributed by atoms with Crippen molar-refractivity contribution in [1.82, 2.24) is 0 Å². The summed E-state index contributed by atoms with van der Waals surface area (Å²) in [6.45, 7) is 6.80. The summed E-state index contributed by atoms with van der Waals surface area (Å²) in [7, 11) is 0. The van der Waals surface area contributed by atoms with Crippen molar-refractivity contribution in [3.05, 3.63) is 35.4 Å². The molecule has 0 heterocycles. The van der Waals surface area contributed by atoms with Crippen molar-refractivity contribution in [3.8, 4) is 0 Å². The molecule has 0 radical (unpaired) electrons. The molecule has 1 aromatic rings. The molecule has 3 atom stereocenters. The molecule has 1 aliphatic rings. The summed E-state index contributed by atoms with van der Waals surface area (Å²) in [5, 5.41) is 28.5. The van der Waals surface area contributed by atoms with Crippen LogP contribution in [0.15, 0.2) is 24.3 Å². The number of esters is 1. The molecule has 0 amide bonds. The van der Waals surface area contributed by atoms with Crippen LogP contribution in [0.2, 0.25) is 0 Å². The molecule has 2 rings (SSSR count). The second kappa shape index (κ2) is 6.42. The van der Waals surface area contributed by atoms with Gasteiger partial charge in [0.15, 0.2) is 5.60 Å². The second-order valence-corrected chi connectivity index (χ2v) is 8.01. The van der Waals surface area contributed by atoms with Crippen LogP contribution in [0.1, 0.15) is 56.5 Å². The van der Waals surface area contributed by atoms with Gasteiger partial charge in [0.25, 0.3) is 0 Å². The van der Waals surface area contributed by atoms with E-state index in [1.54, 1.807) is 12.1 Å². The van der Waals surface area contributed by atoms with E-state index in [1.807, 2.05) is 12.1 Å². The summed E-state index contributed by atoms with van der Waals surface area (Å²) >= 11 is 0. The summed E-state index contributed by atoms with van der Waals surface area (Å²) in [6.07, 6.45) is 1.03. The Morgan fingerprint density at radius 3 is 2.20 bits per heavy atom. The molecule has 0 unspecified atom stereocenters. The fourth-order valence-electron chi connectivity index (χ4n) is 3.47. The Balaban J connectivity index is 2.12. The molecule has 6 heteroatoms. The average Bonchev–Trinajstić information content (AvgIpc) is 2.73. The van der Waals surface area contributed by atoms with Gasteiger partial charge in [-0.25, -0.2) is 9.59 Å². The summed E-state index contributed by atoms with van der Waals surface area (Å²) in [5.74, 6) is -2.14. The predicted molar refractivity (Wildman–Crippen MR) is 91.4 cm³/mol. The molecule has 25 heavy (non-hydrogen) atoms. The summed E-state index contributed by atoms with van der Waals surface area (Å²) < 4.78 is 4.89. The number of hydrogen-bond donors (Lipinski definition) is 3. The van der Waals surface area contributed by atoms with Crippen molar-refractivity contribution in [2.45, 2.75) is 57.7 Å². The highest BCUT2D eigenvalue weighted by atomic mass is 16.5. The lowest BCUT2D eigenvalue weighted by Crippen LogP contribution is -2.40. The number of carboxylic acids is 1. The van der Waals surface area contributed by atoms with Crippen molar-refractivity contribution in [1.29, 1.82) is 0 Å². The quantitative estimate of drug-likeness (QED) is 0.703. The standard InChI is InChI=1S/C19H26O6/c1-17(2)9-14(20)10-18(17,3)13-7-5-12(6-8-13)15(21)25-11-19(4,24)16(22)23/h5-8,14,20,24H,9-11H2,1-4H3,(H,22,23)/t14-,18-,19+/m1/s1. The third kappa shape index (κ3) is 3.70. The Morgan fingerprint density at radius 1 is 1.20 bits per heavy atom. The molecule has 1 aromatic carbocycles. The Bertz CT molecular complexity index is 661. The maximum atomic E-state index is 12.0. The van der Waals surface area contributed by atoms with E-state index in [0.717, 1.165) is 18.9 Å². The first kappa shape index (κ1) is 19.4. The molecule has 138 valence electrons. The smallest absolute Gasteiger partial charge is 0.339 e. The van der Waals surface area contributed by atoms with Crippen molar-refractivity contribution in [3.63, 3.8) is 0 Å². The van der Waals surface area contributed by atoms with Gasteiger partial charge in [0.2, 0.25) is 0 Å². The maximum Gasteiger partial charge on any atom is 0.339 e. The van der Waals surface area contributed by atoms with Crippen LogP contribution in [0.25, 0.3) is 0 Å². The van der Waals surface area contributed by atoms with Gasteiger partial charge in [-0.15, -0.1) is 0 Å². The Hall–Kier alpha value is -1.92. The molecule has 1 saturated carbocycles. The average molecular weight is 350 g/mol. The second-order valence-electron chi connectivity index (χ2n) is 8.01. The normalized spacial score (nSPS) is 27.5. The van der Waals surface area contributed by atoms with E-state index >= 15 is 0 Å². The van der Waals surface area contributed by atoms with Gasteiger partial charge in [-0.05, 0) is 42.9 Å². The fourth-order valence-corrected chi connectivity index (χ4v) is 3.47. The summed E-state index contributed by atoms with van der Waals surface area (Å²) in [6, 6.07) is 6.93. The van der Waals surface area contributed by atoms with E-state index < -0.39 is 24.1 Å². The van der Waals surface area contributed by atoms with Gasteiger partial charge in [-0.3, -0.25) is 0 Å². The topological polar surface area (TPSA) is 104 Å². The molecule has 3 N–H and O–H groups in total. The lowest BCUT2D eigenvalue weighted by atomic mass is 9.65. The van der Waals surface area contributed by atoms with Crippen LogP contribution in [0.4, 0.5) is 0 Å². The molecular formula is C19H26O6. The van der Waals surface area contributed by atoms with Crippen molar-refractivity contribution < 1.29 is 29.6 Å². The highest BCUT2D eigenvalue weighted by Crippen LogP contribution is 2.53. The van der Waals surface area contributed by atoms with E-state index in [4.69, 9.17) is 9.84 Å². The number of benzene rings is 1. The van der Waals surface area contributed by atoms with E-state index in [0.29, 0.717) is 6.42 Å². The van der Waals surface area contributed by atoms with Crippen LogP contribution >= 0.6 is 0 Å². The molecule has 0 bridgehead atoms. The van der Waals surface area contributed by atoms with Crippen molar-refractivity contribution in [2.24, 2.45) is 5.41 Å². The lowest BCUT2D eigenvalue weighted by molar-refractivity contribution is -0.160.